The molecule has 0 aromatic heterocycles. The standard InChI is InChI=1S/C16H13ClO4/c17-16(19)21-14(13-9-5-2-6-10-13)15(18)20-11-12-7-3-1-4-8-12/h1-10,14H,11H2/t14-/m0/s1. The van der Waals surface area contributed by atoms with E-state index in [0.29, 0.717) is 5.56 Å². The van der Waals surface area contributed by atoms with Gasteiger partial charge in [-0.3, -0.25) is 0 Å². The van der Waals surface area contributed by atoms with Crippen molar-refractivity contribution in [1.82, 2.24) is 0 Å². The molecular formula is C16H13ClO4. The topological polar surface area (TPSA) is 52.6 Å². The first kappa shape index (κ1) is 15.1. The van der Waals surface area contributed by atoms with Crippen molar-refractivity contribution in [2.75, 3.05) is 0 Å². The molecule has 0 bridgehead atoms. The molecule has 0 saturated heterocycles. The molecule has 0 radical (unpaired) electrons. The molecule has 0 aliphatic carbocycles. The highest BCUT2D eigenvalue weighted by Crippen LogP contribution is 2.21. The molecule has 0 fully saturated rings. The zero-order valence-corrected chi connectivity index (χ0v) is 11.8. The second-order valence-electron chi connectivity index (χ2n) is 4.24. The maximum atomic E-state index is 12.1. The van der Waals surface area contributed by atoms with Crippen LogP contribution in [0.4, 0.5) is 4.79 Å². The molecule has 2 rings (SSSR count). The Morgan fingerprint density at radius 1 is 0.952 bits per heavy atom. The third kappa shape index (κ3) is 4.61. The van der Waals surface area contributed by atoms with E-state index in [2.05, 4.69) is 0 Å². The molecule has 21 heavy (non-hydrogen) atoms. The number of rotatable bonds is 5. The van der Waals surface area contributed by atoms with E-state index >= 15 is 0 Å². The van der Waals surface area contributed by atoms with Gasteiger partial charge in [0.15, 0.2) is 0 Å². The predicted molar refractivity (Wildman–Crippen MR) is 77.8 cm³/mol. The van der Waals surface area contributed by atoms with E-state index in [0.717, 1.165) is 5.56 Å². The van der Waals surface area contributed by atoms with E-state index in [4.69, 9.17) is 21.1 Å². The number of esters is 1. The van der Waals surface area contributed by atoms with Crippen LogP contribution in [0.3, 0.4) is 0 Å². The summed E-state index contributed by atoms with van der Waals surface area (Å²) in [7, 11) is 0. The van der Waals surface area contributed by atoms with Gasteiger partial charge in [-0.05, 0) is 5.56 Å². The molecule has 0 aliphatic heterocycles. The van der Waals surface area contributed by atoms with Crippen LogP contribution < -0.4 is 0 Å². The number of halogens is 1. The van der Waals surface area contributed by atoms with E-state index in [1.165, 1.54) is 0 Å². The molecule has 0 unspecified atom stereocenters. The first-order valence-corrected chi connectivity index (χ1v) is 6.66. The quantitative estimate of drug-likeness (QED) is 0.622. The minimum atomic E-state index is -1.17. The lowest BCUT2D eigenvalue weighted by atomic mass is 10.1. The van der Waals surface area contributed by atoms with Gasteiger partial charge in [-0.25, -0.2) is 9.59 Å². The lowest BCUT2D eigenvalue weighted by Gasteiger charge is -2.15. The number of carbonyl (C=O) groups is 2. The maximum Gasteiger partial charge on any atom is 0.404 e. The molecule has 108 valence electrons. The Bertz CT molecular complexity index is 598. The summed E-state index contributed by atoms with van der Waals surface area (Å²) in [4.78, 5) is 23.0. The van der Waals surface area contributed by atoms with Crippen molar-refractivity contribution in [3.63, 3.8) is 0 Å². The van der Waals surface area contributed by atoms with Gasteiger partial charge in [0.25, 0.3) is 0 Å². The van der Waals surface area contributed by atoms with Crippen LogP contribution in [0.1, 0.15) is 17.2 Å². The van der Waals surface area contributed by atoms with Gasteiger partial charge in [0.1, 0.15) is 6.61 Å². The third-order valence-electron chi connectivity index (χ3n) is 2.75. The first-order chi connectivity index (χ1) is 10.2. The van der Waals surface area contributed by atoms with Gasteiger partial charge >= 0.3 is 11.4 Å². The number of hydrogen-bond donors (Lipinski definition) is 0. The lowest BCUT2D eigenvalue weighted by Crippen LogP contribution is -2.20. The van der Waals surface area contributed by atoms with Gasteiger partial charge in [0, 0.05) is 17.2 Å². The summed E-state index contributed by atoms with van der Waals surface area (Å²) >= 11 is 5.21. The summed E-state index contributed by atoms with van der Waals surface area (Å²) in [6, 6.07) is 17.8. The van der Waals surface area contributed by atoms with Gasteiger partial charge < -0.3 is 9.47 Å². The van der Waals surface area contributed by atoms with Crippen molar-refractivity contribution in [1.29, 1.82) is 0 Å². The second-order valence-corrected chi connectivity index (χ2v) is 4.55. The number of hydrogen-bond acceptors (Lipinski definition) is 4. The molecule has 2 aromatic carbocycles. The van der Waals surface area contributed by atoms with Gasteiger partial charge in [0.05, 0.1) is 0 Å². The summed E-state index contributed by atoms with van der Waals surface area (Å²) in [5, 5.41) is 0. The maximum absolute atomic E-state index is 12.1. The van der Waals surface area contributed by atoms with Crippen molar-refractivity contribution in [2.45, 2.75) is 12.7 Å². The summed E-state index contributed by atoms with van der Waals surface area (Å²) in [6.45, 7) is 0.100. The van der Waals surface area contributed by atoms with Crippen molar-refractivity contribution < 1.29 is 19.1 Å². The Hall–Kier alpha value is -2.33. The van der Waals surface area contributed by atoms with Gasteiger partial charge in [-0.1, -0.05) is 60.7 Å². The number of carbonyl (C=O) groups excluding carboxylic acids is 2. The average molecular weight is 305 g/mol. The second kappa shape index (κ2) is 7.45. The van der Waals surface area contributed by atoms with Crippen LogP contribution in [0.2, 0.25) is 0 Å². The normalized spacial score (nSPS) is 11.5. The van der Waals surface area contributed by atoms with Crippen LogP contribution >= 0.6 is 11.6 Å². The van der Waals surface area contributed by atoms with Crippen LogP contribution in [0.5, 0.6) is 0 Å². The van der Waals surface area contributed by atoms with Crippen LogP contribution in [-0.4, -0.2) is 11.4 Å². The van der Waals surface area contributed by atoms with Crippen LogP contribution in [0.15, 0.2) is 60.7 Å². The highest BCUT2D eigenvalue weighted by Gasteiger charge is 2.25. The number of benzene rings is 2. The molecule has 0 heterocycles. The zero-order valence-electron chi connectivity index (χ0n) is 11.1. The molecule has 0 aliphatic rings. The van der Waals surface area contributed by atoms with Gasteiger partial charge in [-0.15, -0.1) is 0 Å². The molecular weight excluding hydrogens is 292 g/mol. The molecule has 0 spiro atoms. The third-order valence-corrected chi connectivity index (χ3v) is 2.84. The number of ether oxygens (including phenoxy) is 2. The fourth-order valence-electron chi connectivity index (χ4n) is 1.78. The van der Waals surface area contributed by atoms with Crippen molar-refractivity contribution in [2.24, 2.45) is 0 Å². The van der Waals surface area contributed by atoms with Crippen molar-refractivity contribution in [3.8, 4) is 0 Å². The monoisotopic (exact) mass is 304 g/mol. The Balaban J connectivity index is 2.06. The fourth-order valence-corrected chi connectivity index (χ4v) is 1.87. The Morgan fingerprint density at radius 2 is 1.52 bits per heavy atom. The zero-order chi connectivity index (χ0) is 15.1. The van der Waals surface area contributed by atoms with E-state index < -0.39 is 17.5 Å². The Morgan fingerprint density at radius 3 is 2.10 bits per heavy atom. The lowest BCUT2D eigenvalue weighted by molar-refractivity contribution is -0.155. The van der Waals surface area contributed by atoms with E-state index in [-0.39, 0.29) is 6.61 Å². The first-order valence-electron chi connectivity index (χ1n) is 6.28. The summed E-state index contributed by atoms with van der Waals surface area (Å²) in [5.74, 6) is -0.668. The molecule has 1 atom stereocenters. The van der Waals surface area contributed by atoms with Gasteiger partial charge in [-0.2, -0.15) is 0 Å². The summed E-state index contributed by atoms with van der Waals surface area (Å²) in [5.41, 5.74) is 0.292. The largest absolute Gasteiger partial charge is 0.458 e. The van der Waals surface area contributed by atoms with Crippen LogP contribution in [0.25, 0.3) is 0 Å². The van der Waals surface area contributed by atoms with E-state index in [1.54, 1.807) is 30.3 Å². The molecule has 5 heteroatoms. The van der Waals surface area contributed by atoms with E-state index in [1.807, 2.05) is 30.3 Å². The van der Waals surface area contributed by atoms with Crippen LogP contribution in [-0.2, 0) is 20.9 Å². The molecule has 2 aromatic rings. The minimum Gasteiger partial charge on any atom is -0.458 e. The van der Waals surface area contributed by atoms with Gasteiger partial charge in [0.2, 0.25) is 6.10 Å². The minimum absolute atomic E-state index is 0.100. The SMILES string of the molecule is O=C(Cl)O[C@H](C(=O)OCc1ccccc1)c1ccccc1. The smallest absolute Gasteiger partial charge is 0.404 e. The highest BCUT2D eigenvalue weighted by atomic mass is 35.5. The summed E-state index contributed by atoms with van der Waals surface area (Å²) < 4.78 is 10.0. The average Bonchev–Trinajstić information content (AvgIpc) is 2.52. The van der Waals surface area contributed by atoms with E-state index in [9.17, 15) is 9.59 Å². The van der Waals surface area contributed by atoms with Crippen LogP contribution in [0, 0.1) is 0 Å². The molecule has 4 nitrogen and oxygen atoms in total. The highest BCUT2D eigenvalue weighted by molar-refractivity contribution is 6.61. The molecule has 0 N–H and O–H groups in total. The Labute approximate surface area is 127 Å². The Kier molecular flexibility index (Phi) is 5.35. The molecule has 0 saturated carbocycles. The predicted octanol–water partition coefficient (Wildman–Crippen LogP) is 3.85. The van der Waals surface area contributed by atoms with Crippen molar-refractivity contribution in [3.05, 3.63) is 71.8 Å². The fraction of sp³-hybridized carbons (Fsp3) is 0.125. The summed E-state index contributed by atoms with van der Waals surface area (Å²) in [6.07, 6.45) is -1.17. The van der Waals surface area contributed by atoms with Crippen molar-refractivity contribution >= 4 is 23.0 Å². The molecule has 0 amide bonds.